The number of fused-ring (bicyclic) bond motifs is 1. The number of nitrogens with zero attached hydrogens (tertiary/aromatic N) is 6. The molecule has 4 heterocycles. The van der Waals surface area contributed by atoms with Gasteiger partial charge in [0, 0.05) is 63.2 Å². The van der Waals surface area contributed by atoms with Crippen LogP contribution in [0.15, 0.2) is 54.4 Å². The van der Waals surface area contributed by atoms with E-state index in [1.54, 1.807) is 51.9 Å². The summed E-state index contributed by atoms with van der Waals surface area (Å²) in [5, 5.41) is 4.40. The fourth-order valence-electron chi connectivity index (χ4n) is 4.95. The van der Waals surface area contributed by atoms with E-state index in [0.29, 0.717) is 55.0 Å². The van der Waals surface area contributed by atoms with E-state index < -0.39 is 29.4 Å². The molecular formula is C28H28F3N7O3. The molecule has 0 radical (unpaired) electrons. The van der Waals surface area contributed by atoms with Gasteiger partial charge in [0.25, 0.3) is 11.8 Å². The molecule has 10 nitrogen and oxygen atoms in total. The van der Waals surface area contributed by atoms with Crippen molar-refractivity contribution in [2.75, 3.05) is 31.1 Å². The standard InChI is InChI=1S/C28H28F3N7O3/c1-17-10-25-37(26(39)13-20(32)11-18-12-22(30)23(31)14-21(18)29)15-19(16-38(25)34-17)27(40)35-6-8-36(9-7-35)28(41)24-4-2-3-5-33-24/h2-5,10,12,14-15,20H,6-9,11,13,16,32H2,1H3/t20-/m1/s1. The number of pyridine rings is 1. The van der Waals surface area contributed by atoms with Crippen molar-refractivity contribution in [3.05, 3.63) is 88.8 Å². The Kier molecular flexibility index (Phi) is 7.88. The van der Waals surface area contributed by atoms with Crippen LogP contribution in [0.5, 0.6) is 0 Å². The Hall–Kier alpha value is -4.52. The number of nitrogens with two attached hydrogens (primary N) is 1. The monoisotopic (exact) mass is 567 g/mol. The minimum Gasteiger partial charge on any atom is -0.335 e. The highest BCUT2D eigenvalue weighted by atomic mass is 19.2. The Morgan fingerprint density at radius 3 is 2.32 bits per heavy atom. The van der Waals surface area contributed by atoms with E-state index in [1.165, 1.54) is 11.1 Å². The van der Waals surface area contributed by atoms with Gasteiger partial charge in [-0.3, -0.25) is 24.3 Å². The molecule has 214 valence electrons. The molecular weight excluding hydrogens is 539 g/mol. The van der Waals surface area contributed by atoms with Crippen molar-refractivity contribution in [1.82, 2.24) is 24.6 Å². The zero-order chi connectivity index (χ0) is 29.3. The number of piperazine rings is 1. The molecule has 2 aliphatic rings. The van der Waals surface area contributed by atoms with Crippen molar-refractivity contribution in [1.29, 1.82) is 0 Å². The summed E-state index contributed by atoms with van der Waals surface area (Å²) in [6.45, 7) is 3.17. The van der Waals surface area contributed by atoms with Gasteiger partial charge in [-0.05, 0) is 37.1 Å². The van der Waals surface area contributed by atoms with E-state index in [-0.39, 0.29) is 36.8 Å². The number of rotatable bonds is 6. The lowest BCUT2D eigenvalue weighted by atomic mass is 10.0. The van der Waals surface area contributed by atoms with Gasteiger partial charge in [0.1, 0.15) is 17.3 Å². The summed E-state index contributed by atoms with van der Waals surface area (Å²) in [5.74, 6) is -3.99. The second-order valence-corrected chi connectivity index (χ2v) is 10.0. The molecule has 1 saturated heterocycles. The normalized spacial score (nSPS) is 15.8. The molecule has 2 aliphatic heterocycles. The minimum absolute atomic E-state index is 0.143. The van der Waals surface area contributed by atoms with E-state index in [9.17, 15) is 27.6 Å². The van der Waals surface area contributed by atoms with Crippen molar-refractivity contribution < 1.29 is 27.6 Å². The quantitative estimate of drug-likeness (QED) is 0.457. The average molecular weight is 568 g/mol. The summed E-state index contributed by atoms with van der Waals surface area (Å²) < 4.78 is 42.5. The number of carbonyl (C=O) groups excluding carboxylic acids is 3. The zero-order valence-corrected chi connectivity index (χ0v) is 22.3. The predicted molar refractivity (Wildman–Crippen MR) is 142 cm³/mol. The first kappa shape index (κ1) is 28.0. The second-order valence-electron chi connectivity index (χ2n) is 10.0. The molecule has 0 spiro atoms. The number of aromatic nitrogens is 3. The molecule has 3 amide bonds. The van der Waals surface area contributed by atoms with Gasteiger partial charge < -0.3 is 15.5 Å². The molecule has 3 aromatic rings. The lowest BCUT2D eigenvalue weighted by Crippen LogP contribution is -2.51. The van der Waals surface area contributed by atoms with Crippen LogP contribution in [0.2, 0.25) is 0 Å². The Labute approximate surface area is 233 Å². The van der Waals surface area contributed by atoms with Crippen molar-refractivity contribution in [3.8, 4) is 0 Å². The van der Waals surface area contributed by atoms with Gasteiger partial charge in [0.05, 0.1) is 17.8 Å². The highest BCUT2D eigenvalue weighted by molar-refractivity contribution is 6.00. The highest BCUT2D eigenvalue weighted by Crippen LogP contribution is 2.26. The van der Waals surface area contributed by atoms with Gasteiger partial charge in [-0.15, -0.1) is 0 Å². The Balaban J connectivity index is 1.27. The number of halogens is 3. The summed E-state index contributed by atoms with van der Waals surface area (Å²) >= 11 is 0. The molecule has 41 heavy (non-hydrogen) atoms. The molecule has 1 atom stereocenters. The SMILES string of the molecule is Cc1cc2n(n1)CC(C(=O)N1CCN(C(=O)c3ccccn3)CC1)=CN2C(=O)C[C@H](N)Cc1cc(F)c(F)cc1F. The topological polar surface area (TPSA) is 118 Å². The molecule has 2 aromatic heterocycles. The van der Waals surface area contributed by atoms with Gasteiger partial charge in [0.15, 0.2) is 11.6 Å². The first-order chi connectivity index (χ1) is 19.6. The van der Waals surface area contributed by atoms with E-state index in [1.807, 2.05) is 0 Å². The third kappa shape index (κ3) is 5.99. The van der Waals surface area contributed by atoms with Crippen LogP contribution in [0, 0.1) is 24.4 Å². The number of aryl methyl sites for hydroxylation is 1. The van der Waals surface area contributed by atoms with E-state index in [2.05, 4.69) is 10.1 Å². The highest BCUT2D eigenvalue weighted by Gasteiger charge is 2.32. The third-order valence-corrected chi connectivity index (χ3v) is 7.02. The molecule has 2 N–H and O–H groups in total. The Morgan fingerprint density at radius 2 is 1.63 bits per heavy atom. The largest absolute Gasteiger partial charge is 0.335 e. The van der Waals surface area contributed by atoms with Crippen molar-refractivity contribution >= 4 is 23.5 Å². The summed E-state index contributed by atoms with van der Waals surface area (Å²) in [6.07, 6.45) is 2.55. The second kappa shape index (κ2) is 11.5. The summed E-state index contributed by atoms with van der Waals surface area (Å²) in [6, 6.07) is 7.07. The average Bonchev–Trinajstić information content (AvgIpc) is 3.35. The maximum atomic E-state index is 14.1. The van der Waals surface area contributed by atoms with E-state index in [0.717, 1.165) is 6.07 Å². The Bertz CT molecular complexity index is 1520. The van der Waals surface area contributed by atoms with Crippen molar-refractivity contribution in [2.24, 2.45) is 5.73 Å². The molecule has 0 unspecified atom stereocenters. The lowest BCUT2D eigenvalue weighted by Gasteiger charge is -2.36. The maximum Gasteiger partial charge on any atom is 0.272 e. The number of benzene rings is 1. The van der Waals surface area contributed by atoms with Crippen LogP contribution < -0.4 is 10.6 Å². The van der Waals surface area contributed by atoms with Gasteiger partial charge in [-0.1, -0.05) is 6.07 Å². The van der Waals surface area contributed by atoms with Gasteiger partial charge in [-0.2, -0.15) is 5.10 Å². The third-order valence-electron chi connectivity index (χ3n) is 7.02. The van der Waals surface area contributed by atoms with Crippen LogP contribution in [0.25, 0.3) is 0 Å². The van der Waals surface area contributed by atoms with Crippen molar-refractivity contribution in [2.45, 2.75) is 32.4 Å². The van der Waals surface area contributed by atoms with Crippen LogP contribution in [-0.2, 0) is 22.6 Å². The predicted octanol–water partition coefficient (Wildman–Crippen LogP) is 2.18. The summed E-state index contributed by atoms with van der Waals surface area (Å²) in [5.41, 5.74) is 7.25. The lowest BCUT2D eigenvalue weighted by molar-refractivity contribution is -0.128. The molecule has 1 fully saturated rings. The van der Waals surface area contributed by atoms with Crippen LogP contribution in [-0.4, -0.2) is 74.5 Å². The Morgan fingerprint density at radius 1 is 0.951 bits per heavy atom. The van der Waals surface area contributed by atoms with Gasteiger partial charge in [-0.25, -0.2) is 17.9 Å². The van der Waals surface area contributed by atoms with E-state index in [4.69, 9.17) is 5.73 Å². The maximum absolute atomic E-state index is 14.1. The fraction of sp³-hybridized carbons (Fsp3) is 0.321. The first-order valence-corrected chi connectivity index (χ1v) is 13.1. The van der Waals surface area contributed by atoms with Crippen molar-refractivity contribution in [3.63, 3.8) is 0 Å². The molecule has 0 aliphatic carbocycles. The smallest absolute Gasteiger partial charge is 0.272 e. The van der Waals surface area contributed by atoms with E-state index >= 15 is 0 Å². The number of hydrogen-bond donors (Lipinski definition) is 1. The first-order valence-electron chi connectivity index (χ1n) is 13.1. The van der Waals surface area contributed by atoms with Gasteiger partial charge in [0.2, 0.25) is 5.91 Å². The number of hydrogen-bond acceptors (Lipinski definition) is 6. The minimum atomic E-state index is -1.31. The van der Waals surface area contributed by atoms with Crippen LogP contribution in [0.1, 0.15) is 28.2 Å². The fourth-order valence-corrected chi connectivity index (χ4v) is 4.95. The molecule has 5 rings (SSSR count). The van der Waals surface area contributed by atoms with Crippen LogP contribution in [0.3, 0.4) is 0 Å². The van der Waals surface area contributed by atoms with Crippen LogP contribution in [0.4, 0.5) is 19.0 Å². The molecule has 0 saturated carbocycles. The molecule has 0 bridgehead atoms. The molecule has 1 aromatic carbocycles. The summed E-state index contributed by atoms with van der Waals surface area (Å²) in [4.78, 5) is 48.2. The van der Waals surface area contributed by atoms with Crippen LogP contribution >= 0.6 is 0 Å². The molecule has 13 heteroatoms. The number of carbonyl (C=O) groups is 3. The zero-order valence-electron chi connectivity index (χ0n) is 22.3. The number of anilines is 1. The summed E-state index contributed by atoms with van der Waals surface area (Å²) in [7, 11) is 0. The van der Waals surface area contributed by atoms with Gasteiger partial charge >= 0.3 is 0 Å². The number of amides is 3.